The monoisotopic (exact) mass is 552 g/mol. The Kier molecular flexibility index (Phi) is 6.84. The minimum atomic E-state index is -3.87. The molecular formula is C27H28N4O5S2. The highest BCUT2D eigenvalue weighted by Gasteiger charge is 2.35. The van der Waals surface area contributed by atoms with Gasteiger partial charge in [0, 0.05) is 55.2 Å². The number of aryl methyl sites for hydroxylation is 1. The van der Waals surface area contributed by atoms with Crippen molar-refractivity contribution in [1.82, 2.24) is 14.2 Å². The maximum absolute atomic E-state index is 13.3. The molecule has 2 aliphatic heterocycles. The molecule has 0 saturated carbocycles. The second kappa shape index (κ2) is 9.97. The molecule has 198 valence electrons. The van der Waals surface area contributed by atoms with E-state index in [1.165, 1.54) is 33.5 Å². The van der Waals surface area contributed by atoms with Crippen molar-refractivity contribution in [3.63, 3.8) is 0 Å². The number of para-hydroxylation sites is 1. The Morgan fingerprint density at radius 3 is 2.26 bits per heavy atom. The topological polar surface area (TPSA) is 108 Å². The average Bonchev–Trinajstić information content (AvgIpc) is 2.92. The number of hydrogen-bond acceptors (Lipinski definition) is 7. The number of rotatable bonds is 5. The largest absolute Gasteiger partial charge is 0.320 e. The highest BCUT2D eigenvalue weighted by Crippen LogP contribution is 2.30. The standard InChI is InChI=1S/C27H28N4O5S2/c1-20-18-26(24-7-3-4-8-25(24)28-20)29-14-16-30(17-15-29)27(32)21-6-5-13-31(19-21)38(35,36)23-11-9-22(10-12-23)37(2,33)34/h3-4,7-12,14-18,21H,5-6,13,19H2,1-2H3. The van der Waals surface area contributed by atoms with Crippen LogP contribution in [0.1, 0.15) is 18.5 Å². The van der Waals surface area contributed by atoms with Crippen molar-refractivity contribution in [3.8, 4) is 0 Å². The van der Waals surface area contributed by atoms with Crippen LogP contribution in [0, 0.1) is 12.8 Å². The summed E-state index contributed by atoms with van der Waals surface area (Å²) in [4.78, 5) is 21.4. The van der Waals surface area contributed by atoms with Crippen LogP contribution in [0.2, 0.25) is 0 Å². The van der Waals surface area contributed by atoms with Gasteiger partial charge in [-0.1, -0.05) is 18.2 Å². The molecule has 1 fully saturated rings. The van der Waals surface area contributed by atoms with E-state index in [1.807, 2.05) is 42.2 Å². The zero-order valence-corrected chi connectivity index (χ0v) is 22.7. The Labute approximate surface area is 222 Å². The molecule has 3 aromatic rings. The van der Waals surface area contributed by atoms with Crippen LogP contribution in [0.4, 0.5) is 5.69 Å². The van der Waals surface area contributed by atoms with Gasteiger partial charge in [-0.3, -0.25) is 14.7 Å². The third-order valence-electron chi connectivity index (χ3n) is 6.75. The van der Waals surface area contributed by atoms with Gasteiger partial charge in [0.1, 0.15) is 0 Å². The molecule has 0 aliphatic carbocycles. The average molecular weight is 553 g/mol. The van der Waals surface area contributed by atoms with Gasteiger partial charge in [-0.2, -0.15) is 4.31 Å². The lowest BCUT2D eigenvalue weighted by molar-refractivity contribution is -0.131. The van der Waals surface area contributed by atoms with Crippen LogP contribution in [-0.2, 0) is 24.7 Å². The Balaban J connectivity index is 1.30. The first kappa shape index (κ1) is 26.1. The maximum Gasteiger partial charge on any atom is 0.243 e. The zero-order chi connectivity index (χ0) is 27.1. The quantitative estimate of drug-likeness (QED) is 0.476. The summed E-state index contributed by atoms with van der Waals surface area (Å²) >= 11 is 0. The highest BCUT2D eigenvalue weighted by molar-refractivity contribution is 7.90. The molecule has 5 rings (SSSR count). The summed E-state index contributed by atoms with van der Waals surface area (Å²) in [5.74, 6) is -0.682. The Morgan fingerprint density at radius 2 is 1.58 bits per heavy atom. The first-order valence-corrected chi connectivity index (χ1v) is 15.5. The number of piperidine rings is 1. The molecule has 1 aromatic heterocycles. The second-order valence-electron chi connectivity index (χ2n) is 9.49. The van der Waals surface area contributed by atoms with Crippen molar-refractivity contribution in [3.05, 3.63) is 85.1 Å². The summed E-state index contributed by atoms with van der Waals surface area (Å²) in [6.45, 7) is 2.30. The van der Waals surface area contributed by atoms with Crippen LogP contribution < -0.4 is 4.90 Å². The zero-order valence-electron chi connectivity index (χ0n) is 21.1. The van der Waals surface area contributed by atoms with E-state index in [4.69, 9.17) is 0 Å². The number of anilines is 1. The van der Waals surface area contributed by atoms with Crippen molar-refractivity contribution >= 4 is 42.4 Å². The van der Waals surface area contributed by atoms with Crippen molar-refractivity contribution in [2.75, 3.05) is 24.2 Å². The first-order valence-electron chi connectivity index (χ1n) is 12.2. The lowest BCUT2D eigenvalue weighted by Crippen LogP contribution is -2.45. The summed E-state index contributed by atoms with van der Waals surface area (Å²) in [5.41, 5.74) is 2.72. The fourth-order valence-corrected chi connectivity index (χ4v) is 6.93. The molecule has 38 heavy (non-hydrogen) atoms. The predicted octanol–water partition coefficient (Wildman–Crippen LogP) is 3.64. The number of benzene rings is 2. The normalized spacial score (nSPS) is 18.7. The van der Waals surface area contributed by atoms with Crippen LogP contribution in [0.15, 0.2) is 89.2 Å². The molecule has 1 amide bonds. The Hall–Kier alpha value is -3.54. The van der Waals surface area contributed by atoms with E-state index in [-0.39, 0.29) is 22.2 Å². The number of aromatic nitrogens is 1. The molecule has 0 radical (unpaired) electrons. The van der Waals surface area contributed by atoms with Gasteiger partial charge in [0.05, 0.1) is 26.9 Å². The number of pyridine rings is 1. The number of sulfonamides is 1. The van der Waals surface area contributed by atoms with Gasteiger partial charge in [0.15, 0.2) is 9.84 Å². The molecule has 0 spiro atoms. The van der Waals surface area contributed by atoms with E-state index in [2.05, 4.69) is 4.98 Å². The molecule has 11 heteroatoms. The van der Waals surface area contributed by atoms with Gasteiger partial charge >= 0.3 is 0 Å². The van der Waals surface area contributed by atoms with Crippen LogP contribution in [0.3, 0.4) is 0 Å². The maximum atomic E-state index is 13.3. The highest BCUT2D eigenvalue weighted by atomic mass is 32.2. The number of sulfone groups is 1. The van der Waals surface area contributed by atoms with Crippen molar-refractivity contribution < 1.29 is 21.6 Å². The number of nitrogens with zero attached hydrogens (tertiary/aromatic N) is 4. The molecule has 0 N–H and O–H groups in total. The summed E-state index contributed by atoms with van der Waals surface area (Å²) in [6.07, 6.45) is 9.18. The second-order valence-corrected chi connectivity index (χ2v) is 13.4. The fourth-order valence-electron chi connectivity index (χ4n) is 4.77. The van der Waals surface area contributed by atoms with Gasteiger partial charge in [-0.05, 0) is 56.2 Å². The summed E-state index contributed by atoms with van der Waals surface area (Å²) in [5, 5.41) is 0.991. The minimum Gasteiger partial charge on any atom is -0.320 e. The molecule has 2 aliphatic rings. The van der Waals surface area contributed by atoms with Crippen LogP contribution in [0.5, 0.6) is 0 Å². The lowest BCUT2D eigenvalue weighted by atomic mass is 9.98. The van der Waals surface area contributed by atoms with Crippen LogP contribution in [-0.4, -0.2) is 56.3 Å². The molecule has 9 nitrogen and oxygen atoms in total. The predicted molar refractivity (Wildman–Crippen MR) is 145 cm³/mol. The molecule has 1 unspecified atom stereocenters. The van der Waals surface area contributed by atoms with E-state index >= 15 is 0 Å². The smallest absolute Gasteiger partial charge is 0.243 e. The number of amides is 1. The minimum absolute atomic E-state index is 0.00581. The first-order chi connectivity index (χ1) is 18.0. The molecule has 1 atom stereocenters. The Morgan fingerprint density at radius 1 is 0.921 bits per heavy atom. The fraction of sp³-hybridized carbons (Fsp3) is 0.259. The van der Waals surface area contributed by atoms with Gasteiger partial charge in [-0.15, -0.1) is 0 Å². The summed E-state index contributed by atoms with van der Waals surface area (Å²) in [6, 6.07) is 15.0. The molecule has 2 aromatic carbocycles. The Bertz CT molecular complexity index is 1650. The molecular weight excluding hydrogens is 524 g/mol. The number of hydrogen-bond donors (Lipinski definition) is 0. The third-order valence-corrected chi connectivity index (χ3v) is 9.76. The van der Waals surface area contributed by atoms with Crippen molar-refractivity contribution in [2.24, 2.45) is 5.92 Å². The van der Waals surface area contributed by atoms with Crippen molar-refractivity contribution in [1.29, 1.82) is 0 Å². The van der Waals surface area contributed by atoms with Crippen LogP contribution in [0.25, 0.3) is 10.9 Å². The summed E-state index contributed by atoms with van der Waals surface area (Å²) in [7, 11) is -7.31. The molecule has 1 saturated heterocycles. The van der Waals surface area contributed by atoms with E-state index in [0.717, 1.165) is 28.5 Å². The van der Waals surface area contributed by atoms with Crippen molar-refractivity contribution in [2.45, 2.75) is 29.6 Å². The van der Waals surface area contributed by atoms with Gasteiger partial charge in [0.25, 0.3) is 0 Å². The number of carbonyl (C=O) groups is 1. The van der Waals surface area contributed by atoms with Gasteiger partial charge in [0.2, 0.25) is 15.9 Å². The van der Waals surface area contributed by atoms with Crippen LogP contribution >= 0.6 is 0 Å². The number of fused-ring (bicyclic) bond motifs is 1. The van der Waals surface area contributed by atoms with E-state index in [1.54, 1.807) is 24.8 Å². The third kappa shape index (κ3) is 5.09. The van der Waals surface area contributed by atoms with Gasteiger partial charge < -0.3 is 4.90 Å². The SMILES string of the molecule is Cc1cc(N2C=CN(C(=O)C3CCCN(S(=O)(=O)c4ccc(S(C)(=O)=O)cc4)C3)C=C2)c2ccccc2n1. The molecule has 0 bridgehead atoms. The van der Waals surface area contributed by atoms with E-state index < -0.39 is 25.8 Å². The lowest BCUT2D eigenvalue weighted by Gasteiger charge is -2.33. The van der Waals surface area contributed by atoms with E-state index in [9.17, 15) is 21.6 Å². The summed E-state index contributed by atoms with van der Waals surface area (Å²) < 4.78 is 51.2. The van der Waals surface area contributed by atoms with E-state index in [0.29, 0.717) is 19.4 Å². The number of carbonyl (C=O) groups excluding carboxylic acids is 1. The van der Waals surface area contributed by atoms with Gasteiger partial charge in [-0.25, -0.2) is 16.8 Å². The molecule has 3 heterocycles.